The zero-order valence-electron chi connectivity index (χ0n) is 15.3. The quantitative estimate of drug-likeness (QED) is 0.613. The average Bonchev–Trinajstić information content (AvgIpc) is 2.67. The summed E-state index contributed by atoms with van der Waals surface area (Å²) < 4.78 is 50.9. The maximum absolute atomic E-state index is 13.6. The van der Waals surface area contributed by atoms with Crippen LogP contribution in [0.25, 0.3) is 0 Å². The Morgan fingerprint density at radius 2 is 1.92 bits per heavy atom. The lowest BCUT2D eigenvalue weighted by atomic mass is 10.0. The summed E-state index contributed by atoms with van der Waals surface area (Å²) in [5, 5.41) is 2.77. The van der Waals surface area contributed by atoms with Gasteiger partial charge in [-0.2, -0.15) is 0 Å². The average molecular weight is 389 g/mol. The second-order valence-electron chi connectivity index (χ2n) is 6.15. The van der Waals surface area contributed by atoms with Crippen molar-refractivity contribution in [2.75, 3.05) is 64.3 Å². The van der Waals surface area contributed by atoms with E-state index in [9.17, 15) is 12.8 Å². The number of morpholine rings is 1. The number of nitrogens with zero attached hydrogens (tertiary/aromatic N) is 1. The van der Waals surface area contributed by atoms with E-state index in [0.29, 0.717) is 19.8 Å². The molecule has 0 aliphatic carbocycles. The van der Waals surface area contributed by atoms with Crippen LogP contribution in [-0.2, 0) is 19.5 Å². The van der Waals surface area contributed by atoms with Crippen molar-refractivity contribution in [2.24, 2.45) is 0 Å². The van der Waals surface area contributed by atoms with Gasteiger partial charge in [0, 0.05) is 32.4 Å². The topological polar surface area (TPSA) is 79.9 Å². The van der Waals surface area contributed by atoms with Gasteiger partial charge in [-0.25, -0.2) is 17.5 Å². The highest BCUT2D eigenvalue weighted by atomic mass is 32.2. The van der Waals surface area contributed by atoms with E-state index in [0.717, 1.165) is 24.3 Å². The van der Waals surface area contributed by atoms with E-state index in [1.54, 1.807) is 7.05 Å². The van der Waals surface area contributed by atoms with E-state index in [4.69, 9.17) is 9.47 Å². The van der Waals surface area contributed by atoms with E-state index in [1.165, 1.54) is 7.11 Å². The van der Waals surface area contributed by atoms with Gasteiger partial charge in [0.2, 0.25) is 10.0 Å². The predicted octanol–water partition coefficient (Wildman–Crippen LogP) is 0.688. The monoisotopic (exact) mass is 389 g/mol. The Kier molecular flexibility index (Phi) is 8.23. The minimum atomic E-state index is -3.60. The smallest absolute Gasteiger partial charge is 0.213 e. The molecule has 1 aliphatic rings. The number of halogens is 1. The van der Waals surface area contributed by atoms with Crippen LogP contribution in [0.2, 0.25) is 0 Å². The first-order valence-corrected chi connectivity index (χ1v) is 10.3. The van der Waals surface area contributed by atoms with E-state index < -0.39 is 28.8 Å². The highest BCUT2D eigenvalue weighted by Crippen LogP contribution is 2.25. The molecule has 2 atom stereocenters. The number of alkyl halides is 1. The molecule has 26 heavy (non-hydrogen) atoms. The fourth-order valence-corrected chi connectivity index (χ4v) is 4.17. The molecule has 1 aromatic rings. The molecule has 1 fully saturated rings. The Hall–Kier alpha value is -1.26. The van der Waals surface area contributed by atoms with Crippen molar-refractivity contribution < 1.29 is 22.3 Å². The molecule has 148 valence electrons. The summed E-state index contributed by atoms with van der Waals surface area (Å²) in [5.41, 5.74) is 1.78. The van der Waals surface area contributed by atoms with Crippen molar-refractivity contribution in [3.8, 4) is 0 Å². The number of ether oxygens (including phenoxy) is 2. The Bertz CT molecular complexity index is 636. The molecule has 2 N–H and O–H groups in total. The standard InChI is InChI=1S/C17H28FN3O4S/c1-19-7-12-26(22,23)20-16(13-18)17(24-2)14-3-5-15(6-4-14)21-8-10-25-11-9-21/h3-6,16-17,19-20H,7-13H2,1-2H3/t16-,17?/m1/s1. The maximum Gasteiger partial charge on any atom is 0.213 e. The number of methoxy groups -OCH3 is 1. The van der Waals surface area contributed by atoms with Gasteiger partial charge in [-0.3, -0.25) is 0 Å². The normalized spacial score (nSPS) is 17.9. The SMILES string of the molecule is CNCCS(=O)(=O)N[C@H](CF)C(OC)c1ccc(N2CCOCC2)cc1. The Balaban J connectivity index is 2.09. The van der Waals surface area contributed by atoms with Crippen LogP contribution in [0.3, 0.4) is 0 Å². The largest absolute Gasteiger partial charge is 0.378 e. The molecule has 0 aromatic heterocycles. The maximum atomic E-state index is 13.6. The molecule has 0 spiro atoms. The highest BCUT2D eigenvalue weighted by Gasteiger charge is 2.27. The van der Waals surface area contributed by atoms with Crippen LogP contribution < -0.4 is 14.9 Å². The molecule has 0 amide bonds. The van der Waals surface area contributed by atoms with Gasteiger partial charge in [-0.1, -0.05) is 12.1 Å². The molecule has 9 heteroatoms. The number of benzene rings is 1. The van der Waals surface area contributed by atoms with Crippen molar-refractivity contribution >= 4 is 15.7 Å². The third kappa shape index (κ3) is 5.88. The van der Waals surface area contributed by atoms with E-state index >= 15 is 0 Å². The van der Waals surface area contributed by atoms with Gasteiger partial charge in [-0.05, 0) is 24.7 Å². The van der Waals surface area contributed by atoms with Gasteiger partial charge < -0.3 is 19.7 Å². The zero-order valence-corrected chi connectivity index (χ0v) is 16.1. The molecule has 1 aliphatic heterocycles. The summed E-state index contributed by atoms with van der Waals surface area (Å²) in [6.45, 7) is 2.47. The first-order valence-electron chi connectivity index (χ1n) is 8.66. The number of hydrogen-bond donors (Lipinski definition) is 2. The van der Waals surface area contributed by atoms with Gasteiger partial charge >= 0.3 is 0 Å². The second-order valence-corrected chi connectivity index (χ2v) is 8.02. The summed E-state index contributed by atoms with van der Waals surface area (Å²) in [6, 6.07) is 6.61. The van der Waals surface area contributed by atoms with Crippen LogP contribution in [-0.4, -0.2) is 73.9 Å². The van der Waals surface area contributed by atoms with Gasteiger partial charge in [0.1, 0.15) is 12.8 Å². The summed E-state index contributed by atoms with van der Waals surface area (Å²) in [7, 11) is -0.486. The fraction of sp³-hybridized carbons (Fsp3) is 0.647. The molecular weight excluding hydrogens is 361 g/mol. The molecule has 1 heterocycles. The molecular formula is C17H28FN3O4S. The van der Waals surface area contributed by atoms with Crippen molar-refractivity contribution in [3.05, 3.63) is 29.8 Å². The molecule has 1 unspecified atom stereocenters. The Labute approximate surface area is 154 Å². The number of anilines is 1. The van der Waals surface area contributed by atoms with Gasteiger partial charge in [0.25, 0.3) is 0 Å². The molecule has 1 aromatic carbocycles. The van der Waals surface area contributed by atoms with Crippen LogP contribution in [0.4, 0.5) is 10.1 Å². The lowest BCUT2D eigenvalue weighted by Gasteiger charge is -2.30. The summed E-state index contributed by atoms with van der Waals surface area (Å²) >= 11 is 0. The third-order valence-corrected chi connectivity index (χ3v) is 5.74. The van der Waals surface area contributed by atoms with Gasteiger partial charge in [0.05, 0.1) is 25.0 Å². The van der Waals surface area contributed by atoms with Gasteiger partial charge in [-0.15, -0.1) is 0 Å². The fourth-order valence-electron chi connectivity index (χ4n) is 2.93. The third-order valence-electron chi connectivity index (χ3n) is 4.34. The van der Waals surface area contributed by atoms with Crippen molar-refractivity contribution in [2.45, 2.75) is 12.1 Å². The molecule has 0 bridgehead atoms. The lowest BCUT2D eigenvalue weighted by molar-refractivity contribution is 0.0665. The number of sulfonamides is 1. The summed E-state index contributed by atoms with van der Waals surface area (Å²) in [4.78, 5) is 2.21. The Morgan fingerprint density at radius 3 is 2.46 bits per heavy atom. The molecule has 0 saturated carbocycles. The van der Waals surface area contributed by atoms with Crippen LogP contribution >= 0.6 is 0 Å². The van der Waals surface area contributed by atoms with Crippen LogP contribution in [0.1, 0.15) is 11.7 Å². The molecule has 1 saturated heterocycles. The molecule has 7 nitrogen and oxygen atoms in total. The van der Waals surface area contributed by atoms with Crippen molar-refractivity contribution in [3.63, 3.8) is 0 Å². The number of hydrogen-bond acceptors (Lipinski definition) is 6. The predicted molar refractivity (Wildman–Crippen MR) is 99.8 cm³/mol. The first kappa shape index (κ1) is 21.0. The second kappa shape index (κ2) is 10.2. The minimum absolute atomic E-state index is 0.119. The summed E-state index contributed by atoms with van der Waals surface area (Å²) in [6.07, 6.45) is -0.705. The van der Waals surface area contributed by atoms with Gasteiger partial charge in [0.15, 0.2) is 0 Å². The summed E-state index contributed by atoms with van der Waals surface area (Å²) in [5.74, 6) is -0.119. The van der Waals surface area contributed by atoms with Crippen LogP contribution in [0.15, 0.2) is 24.3 Å². The lowest BCUT2D eigenvalue weighted by Crippen LogP contribution is -2.43. The van der Waals surface area contributed by atoms with Crippen molar-refractivity contribution in [1.29, 1.82) is 0 Å². The molecule has 0 radical (unpaired) electrons. The minimum Gasteiger partial charge on any atom is -0.378 e. The van der Waals surface area contributed by atoms with Crippen molar-refractivity contribution in [1.82, 2.24) is 10.0 Å². The van der Waals surface area contributed by atoms with E-state index in [-0.39, 0.29) is 5.75 Å². The number of nitrogens with one attached hydrogen (secondary N) is 2. The Morgan fingerprint density at radius 1 is 1.27 bits per heavy atom. The molecule has 2 rings (SSSR count). The van der Waals surface area contributed by atoms with E-state index in [1.807, 2.05) is 24.3 Å². The van der Waals surface area contributed by atoms with Crippen LogP contribution in [0, 0.1) is 0 Å². The first-order chi connectivity index (χ1) is 12.5. The number of rotatable bonds is 10. The van der Waals surface area contributed by atoms with E-state index in [2.05, 4.69) is 14.9 Å². The highest BCUT2D eigenvalue weighted by molar-refractivity contribution is 7.89. The zero-order chi connectivity index (χ0) is 19.0. The van der Waals surface area contributed by atoms with Crippen LogP contribution in [0.5, 0.6) is 0 Å².